The highest BCUT2D eigenvalue weighted by Crippen LogP contribution is 2.16. The summed E-state index contributed by atoms with van der Waals surface area (Å²) in [6, 6.07) is 3.66. The highest BCUT2D eigenvalue weighted by molar-refractivity contribution is 5.93. The second kappa shape index (κ2) is 7.83. The SMILES string of the molecule is O=C(NC[C@H]1OC[C@@H](NC2CCNCC2)[C@@H]1O)c1ccncc1. The van der Waals surface area contributed by atoms with Crippen LogP contribution < -0.4 is 16.0 Å². The van der Waals surface area contributed by atoms with Gasteiger partial charge in [-0.3, -0.25) is 9.78 Å². The van der Waals surface area contributed by atoms with Crippen molar-refractivity contribution in [2.24, 2.45) is 0 Å². The van der Waals surface area contributed by atoms with E-state index in [4.69, 9.17) is 4.74 Å². The number of aliphatic hydroxyl groups excluding tert-OH is 1. The van der Waals surface area contributed by atoms with E-state index in [0.717, 1.165) is 25.9 Å². The topological polar surface area (TPSA) is 95.5 Å². The van der Waals surface area contributed by atoms with Crippen molar-refractivity contribution in [3.05, 3.63) is 30.1 Å². The van der Waals surface area contributed by atoms with E-state index in [2.05, 4.69) is 20.9 Å². The number of aliphatic hydroxyl groups is 1. The van der Waals surface area contributed by atoms with Gasteiger partial charge in [0.05, 0.1) is 18.8 Å². The van der Waals surface area contributed by atoms with E-state index >= 15 is 0 Å². The maximum absolute atomic E-state index is 12.0. The van der Waals surface area contributed by atoms with Crippen molar-refractivity contribution in [1.82, 2.24) is 20.9 Å². The van der Waals surface area contributed by atoms with Crippen LogP contribution in [-0.4, -0.2) is 66.5 Å². The van der Waals surface area contributed by atoms with Crippen LogP contribution in [0.15, 0.2) is 24.5 Å². The molecule has 0 unspecified atom stereocenters. The monoisotopic (exact) mass is 320 g/mol. The number of ether oxygens (including phenoxy) is 1. The Balaban J connectivity index is 1.45. The maximum atomic E-state index is 12.0. The van der Waals surface area contributed by atoms with Gasteiger partial charge in [-0.1, -0.05) is 0 Å². The van der Waals surface area contributed by atoms with Gasteiger partial charge < -0.3 is 25.8 Å². The van der Waals surface area contributed by atoms with E-state index in [-0.39, 0.29) is 18.1 Å². The van der Waals surface area contributed by atoms with E-state index in [1.165, 1.54) is 0 Å². The Morgan fingerprint density at radius 2 is 2.09 bits per heavy atom. The Hall–Kier alpha value is -1.54. The molecule has 2 aliphatic heterocycles. The first-order chi connectivity index (χ1) is 11.2. The van der Waals surface area contributed by atoms with Crippen molar-refractivity contribution in [3.8, 4) is 0 Å². The van der Waals surface area contributed by atoms with Crippen LogP contribution in [0.1, 0.15) is 23.2 Å². The highest BCUT2D eigenvalue weighted by atomic mass is 16.5. The van der Waals surface area contributed by atoms with Crippen LogP contribution in [0.3, 0.4) is 0 Å². The van der Waals surface area contributed by atoms with Crippen LogP contribution in [0.4, 0.5) is 0 Å². The summed E-state index contributed by atoms with van der Waals surface area (Å²) in [4.78, 5) is 15.9. The van der Waals surface area contributed by atoms with Crippen LogP contribution in [0, 0.1) is 0 Å². The Morgan fingerprint density at radius 3 is 2.83 bits per heavy atom. The van der Waals surface area contributed by atoms with Gasteiger partial charge in [0.2, 0.25) is 0 Å². The van der Waals surface area contributed by atoms with E-state index in [1.54, 1.807) is 24.5 Å². The number of rotatable bonds is 5. The lowest BCUT2D eigenvalue weighted by Gasteiger charge is -2.28. The first-order valence-electron chi connectivity index (χ1n) is 8.18. The summed E-state index contributed by atoms with van der Waals surface area (Å²) in [6.45, 7) is 2.78. The summed E-state index contributed by atoms with van der Waals surface area (Å²) < 4.78 is 5.65. The first kappa shape index (κ1) is 16.3. The van der Waals surface area contributed by atoms with E-state index < -0.39 is 6.10 Å². The summed E-state index contributed by atoms with van der Waals surface area (Å²) >= 11 is 0. The fourth-order valence-electron chi connectivity index (χ4n) is 3.10. The van der Waals surface area contributed by atoms with Gasteiger partial charge in [0.15, 0.2) is 0 Å². The molecule has 0 radical (unpaired) electrons. The number of pyridine rings is 1. The summed E-state index contributed by atoms with van der Waals surface area (Å²) in [5, 5.41) is 20.0. The van der Waals surface area contributed by atoms with Crippen LogP contribution in [-0.2, 0) is 4.74 Å². The predicted molar refractivity (Wildman–Crippen MR) is 85.1 cm³/mol. The molecule has 7 heteroatoms. The molecule has 7 nitrogen and oxygen atoms in total. The molecule has 2 aliphatic rings. The molecule has 126 valence electrons. The molecular formula is C16H24N4O3. The summed E-state index contributed by atoms with van der Waals surface area (Å²) in [5.74, 6) is -0.182. The lowest BCUT2D eigenvalue weighted by Crippen LogP contribution is -2.50. The van der Waals surface area contributed by atoms with Crippen molar-refractivity contribution in [2.75, 3.05) is 26.2 Å². The minimum Gasteiger partial charge on any atom is -0.389 e. The van der Waals surface area contributed by atoms with Gasteiger partial charge in [-0.25, -0.2) is 0 Å². The number of carbonyl (C=O) groups is 1. The number of hydrogen-bond acceptors (Lipinski definition) is 6. The number of hydrogen-bond donors (Lipinski definition) is 4. The second-order valence-corrected chi connectivity index (χ2v) is 6.11. The molecule has 1 amide bonds. The van der Waals surface area contributed by atoms with E-state index in [0.29, 0.717) is 24.8 Å². The molecule has 23 heavy (non-hydrogen) atoms. The number of carbonyl (C=O) groups excluding carboxylic acids is 1. The summed E-state index contributed by atoms with van der Waals surface area (Å²) in [5.41, 5.74) is 0.553. The van der Waals surface area contributed by atoms with Gasteiger partial charge in [-0.2, -0.15) is 0 Å². The fourth-order valence-corrected chi connectivity index (χ4v) is 3.10. The second-order valence-electron chi connectivity index (χ2n) is 6.11. The molecule has 1 aromatic heterocycles. The average Bonchev–Trinajstić information content (AvgIpc) is 2.94. The molecule has 4 N–H and O–H groups in total. The number of amides is 1. The Bertz CT molecular complexity index is 507. The first-order valence-corrected chi connectivity index (χ1v) is 8.18. The standard InChI is InChI=1S/C16H24N4O3/c21-15-13(20-12-3-7-18-8-4-12)10-23-14(15)9-19-16(22)11-1-5-17-6-2-11/h1-2,5-6,12-15,18,20-21H,3-4,7-10H2,(H,19,22)/t13-,14-,15+/m1/s1. The maximum Gasteiger partial charge on any atom is 0.251 e. The Labute approximate surface area is 135 Å². The van der Waals surface area contributed by atoms with Gasteiger partial charge >= 0.3 is 0 Å². The van der Waals surface area contributed by atoms with Gasteiger partial charge in [0.25, 0.3) is 5.91 Å². The molecule has 3 rings (SSSR count). The third-order valence-electron chi connectivity index (χ3n) is 4.48. The van der Waals surface area contributed by atoms with Crippen molar-refractivity contribution in [2.45, 2.75) is 37.1 Å². The zero-order valence-corrected chi connectivity index (χ0v) is 13.1. The Morgan fingerprint density at radius 1 is 1.35 bits per heavy atom. The quantitative estimate of drug-likeness (QED) is 0.572. The van der Waals surface area contributed by atoms with Gasteiger partial charge in [-0.05, 0) is 38.1 Å². The van der Waals surface area contributed by atoms with Gasteiger partial charge in [0, 0.05) is 30.5 Å². The number of nitrogens with one attached hydrogen (secondary N) is 3. The lowest BCUT2D eigenvalue weighted by atomic mass is 10.0. The molecule has 1 aromatic rings. The number of aromatic nitrogens is 1. The Kier molecular flexibility index (Phi) is 5.56. The molecule has 0 bridgehead atoms. The van der Waals surface area contributed by atoms with Crippen LogP contribution in [0.5, 0.6) is 0 Å². The smallest absolute Gasteiger partial charge is 0.251 e. The van der Waals surface area contributed by atoms with Crippen LogP contribution >= 0.6 is 0 Å². The highest BCUT2D eigenvalue weighted by Gasteiger charge is 2.37. The van der Waals surface area contributed by atoms with Crippen molar-refractivity contribution < 1.29 is 14.6 Å². The van der Waals surface area contributed by atoms with Crippen molar-refractivity contribution in [3.63, 3.8) is 0 Å². The van der Waals surface area contributed by atoms with Crippen LogP contribution in [0.25, 0.3) is 0 Å². The minimum atomic E-state index is -0.609. The van der Waals surface area contributed by atoms with E-state index in [1.807, 2.05) is 0 Å². The third-order valence-corrected chi connectivity index (χ3v) is 4.48. The molecule has 0 spiro atoms. The molecule has 3 atom stereocenters. The van der Waals surface area contributed by atoms with Gasteiger partial charge in [-0.15, -0.1) is 0 Å². The average molecular weight is 320 g/mol. The normalized spacial score (nSPS) is 28.7. The molecule has 0 saturated carbocycles. The predicted octanol–water partition coefficient (Wildman–Crippen LogP) is -0.719. The number of piperidine rings is 1. The van der Waals surface area contributed by atoms with E-state index in [9.17, 15) is 9.90 Å². The molecule has 3 heterocycles. The molecule has 0 aliphatic carbocycles. The molecule has 2 saturated heterocycles. The minimum absolute atomic E-state index is 0.0686. The molecular weight excluding hydrogens is 296 g/mol. The summed E-state index contributed by atoms with van der Waals surface area (Å²) in [7, 11) is 0. The molecule has 0 aromatic carbocycles. The summed E-state index contributed by atoms with van der Waals surface area (Å²) in [6.07, 6.45) is 4.30. The fraction of sp³-hybridized carbons (Fsp3) is 0.625. The van der Waals surface area contributed by atoms with Gasteiger partial charge in [0.1, 0.15) is 6.10 Å². The largest absolute Gasteiger partial charge is 0.389 e. The van der Waals surface area contributed by atoms with Crippen molar-refractivity contribution in [1.29, 1.82) is 0 Å². The van der Waals surface area contributed by atoms with Crippen LogP contribution in [0.2, 0.25) is 0 Å². The lowest BCUT2D eigenvalue weighted by molar-refractivity contribution is 0.0394. The molecule has 2 fully saturated rings. The van der Waals surface area contributed by atoms with Crippen molar-refractivity contribution >= 4 is 5.91 Å². The third kappa shape index (κ3) is 4.26. The number of nitrogens with zero attached hydrogens (tertiary/aromatic N) is 1. The zero-order valence-electron chi connectivity index (χ0n) is 13.1. The zero-order chi connectivity index (χ0) is 16.1.